The topological polar surface area (TPSA) is 98.9 Å². The van der Waals surface area contributed by atoms with Crippen molar-refractivity contribution in [2.75, 3.05) is 13.2 Å². The van der Waals surface area contributed by atoms with Gasteiger partial charge in [-0.1, -0.05) is 29.3 Å². The van der Waals surface area contributed by atoms with Crippen molar-refractivity contribution in [2.45, 2.75) is 13.5 Å². The number of hydrogen-bond acceptors (Lipinski definition) is 6. The lowest BCUT2D eigenvalue weighted by atomic mass is 10.1. The third kappa shape index (κ3) is 5.78. The first kappa shape index (κ1) is 24.4. The van der Waals surface area contributed by atoms with Gasteiger partial charge in [0.05, 0.1) is 16.0 Å². The summed E-state index contributed by atoms with van der Waals surface area (Å²) in [6.07, 6.45) is 1.54. The molecule has 7 nitrogen and oxygen atoms in total. The van der Waals surface area contributed by atoms with Gasteiger partial charge < -0.3 is 15.2 Å². The number of nitrogens with zero attached hydrogens (tertiary/aromatic N) is 1. The van der Waals surface area contributed by atoms with Crippen LogP contribution in [0.3, 0.4) is 0 Å². The normalized spacial score (nSPS) is 14.9. The third-order valence-electron chi connectivity index (χ3n) is 4.20. The highest BCUT2D eigenvalue weighted by Gasteiger charge is 2.35. The summed E-state index contributed by atoms with van der Waals surface area (Å²) in [6.45, 7) is 1.93. The summed E-state index contributed by atoms with van der Waals surface area (Å²) in [5, 5.41) is 0.457. The first-order valence-corrected chi connectivity index (χ1v) is 11.6. The first-order chi connectivity index (χ1) is 15.2. The van der Waals surface area contributed by atoms with Gasteiger partial charge in [-0.3, -0.25) is 19.3 Å². The van der Waals surface area contributed by atoms with Crippen molar-refractivity contribution in [1.29, 1.82) is 0 Å². The van der Waals surface area contributed by atoms with E-state index >= 15 is 0 Å². The Labute approximate surface area is 206 Å². The Morgan fingerprint density at radius 2 is 1.97 bits per heavy atom. The van der Waals surface area contributed by atoms with Crippen molar-refractivity contribution in [3.05, 3.63) is 60.9 Å². The third-order valence-corrected chi connectivity index (χ3v) is 6.29. The van der Waals surface area contributed by atoms with Crippen LogP contribution < -0.4 is 15.2 Å². The van der Waals surface area contributed by atoms with E-state index in [0.717, 1.165) is 22.2 Å². The van der Waals surface area contributed by atoms with E-state index in [4.69, 9.17) is 38.4 Å². The Morgan fingerprint density at radius 1 is 1.22 bits per heavy atom. The second kappa shape index (κ2) is 10.6. The smallest absolute Gasteiger partial charge is 0.294 e. The number of carbonyl (C=O) groups is 3. The van der Waals surface area contributed by atoms with Crippen molar-refractivity contribution in [2.24, 2.45) is 5.73 Å². The van der Waals surface area contributed by atoms with Crippen LogP contribution in [0.5, 0.6) is 11.5 Å². The molecule has 3 amide bonds. The standard InChI is InChI=1S/C21H17BrCl2N2O5S/c1-2-30-16-6-11(7-17-20(28)26(9-18(25)27)21(29)32-17)5-14(22)19(16)31-10-12-3-4-13(23)8-15(12)24/h3-8H,2,9-10H2,1H3,(H2,25,27)/b17-7-. The molecule has 1 aliphatic heterocycles. The lowest BCUT2D eigenvalue weighted by molar-refractivity contribution is -0.127. The molecule has 11 heteroatoms. The molecule has 1 fully saturated rings. The fraction of sp³-hybridized carbons (Fsp3) is 0.190. The number of primary amides is 1. The molecule has 168 valence electrons. The number of amides is 3. The van der Waals surface area contributed by atoms with Crippen LogP contribution in [-0.2, 0) is 16.2 Å². The predicted molar refractivity (Wildman–Crippen MR) is 128 cm³/mol. The highest BCUT2D eigenvalue weighted by Crippen LogP contribution is 2.40. The SMILES string of the molecule is CCOc1cc(/C=C2\SC(=O)N(CC(N)=O)C2=O)cc(Br)c1OCc1ccc(Cl)cc1Cl. The molecule has 2 aromatic carbocycles. The molecule has 0 aromatic heterocycles. The molecule has 1 heterocycles. The number of carbonyl (C=O) groups excluding carboxylic acids is 3. The molecule has 1 saturated heterocycles. The van der Waals surface area contributed by atoms with E-state index in [1.165, 1.54) is 0 Å². The summed E-state index contributed by atoms with van der Waals surface area (Å²) in [5.41, 5.74) is 6.45. The number of rotatable bonds is 8. The number of hydrogen-bond donors (Lipinski definition) is 1. The first-order valence-electron chi connectivity index (χ1n) is 9.26. The van der Waals surface area contributed by atoms with Gasteiger partial charge in [-0.2, -0.15) is 0 Å². The lowest BCUT2D eigenvalue weighted by Gasteiger charge is -2.15. The van der Waals surface area contributed by atoms with Crippen molar-refractivity contribution < 1.29 is 23.9 Å². The summed E-state index contributed by atoms with van der Waals surface area (Å²) in [5.74, 6) is -0.450. The van der Waals surface area contributed by atoms with Gasteiger partial charge >= 0.3 is 0 Å². The number of benzene rings is 2. The van der Waals surface area contributed by atoms with Crippen LogP contribution in [-0.4, -0.2) is 35.1 Å². The molecule has 1 aliphatic rings. The van der Waals surface area contributed by atoms with Crippen molar-refractivity contribution in [3.8, 4) is 11.5 Å². The van der Waals surface area contributed by atoms with E-state index in [2.05, 4.69) is 15.9 Å². The summed E-state index contributed by atoms with van der Waals surface area (Å²) in [4.78, 5) is 36.6. The van der Waals surface area contributed by atoms with Crippen LogP contribution in [0.2, 0.25) is 10.0 Å². The van der Waals surface area contributed by atoms with Gasteiger partial charge in [0, 0.05) is 15.6 Å². The van der Waals surface area contributed by atoms with Gasteiger partial charge in [0.15, 0.2) is 11.5 Å². The Hall–Kier alpha value is -2.20. The summed E-state index contributed by atoms with van der Waals surface area (Å²) in [7, 11) is 0. The molecule has 0 unspecified atom stereocenters. The van der Waals surface area contributed by atoms with Crippen LogP contribution in [0.4, 0.5) is 4.79 Å². The van der Waals surface area contributed by atoms with Gasteiger partial charge in [-0.15, -0.1) is 0 Å². The average Bonchev–Trinajstić information content (AvgIpc) is 2.96. The van der Waals surface area contributed by atoms with Crippen molar-refractivity contribution in [3.63, 3.8) is 0 Å². The van der Waals surface area contributed by atoms with Gasteiger partial charge in [-0.25, -0.2) is 0 Å². The van der Waals surface area contributed by atoms with E-state index in [9.17, 15) is 14.4 Å². The minimum absolute atomic E-state index is 0.173. The van der Waals surface area contributed by atoms with Gasteiger partial charge in [0.25, 0.3) is 11.1 Å². The molecular weight excluding hydrogens is 543 g/mol. The van der Waals surface area contributed by atoms with E-state index in [0.29, 0.717) is 38.2 Å². The van der Waals surface area contributed by atoms with E-state index in [1.807, 2.05) is 6.92 Å². The van der Waals surface area contributed by atoms with E-state index in [1.54, 1.807) is 36.4 Å². The molecule has 3 rings (SSSR count). The fourth-order valence-corrected chi connectivity index (χ4v) is 4.68. The van der Waals surface area contributed by atoms with Crippen molar-refractivity contribution in [1.82, 2.24) is 4.90 Å². The van der Waals surface area contributed by atoms with Crippen LogP contribution in [0.15, 0.2) is 39.7 Å². The highest BCUT2D eigenvalue weighted by molar-refractivity contribution is 9.10. The molecule has 2 aromatic rings. The average molecular weight is 560 g/mol. The van der Waals surface area contributed by atoms with Crippen molar-refractivity contribution >= 4 is 74.0 Å². The quantitative estimate of drug-likeness (QED) is 0.443. The lowest BCUT2D eigenvalue weighted by Crippen LogP contribution is -2.36. The number of imide groups is 1. The number of nitrogens with two attached hydrogens (primary N) is 1. The van der Waals surface area contributed by atoms with Gasteiger partial charge in [-0.05, 0) is 70.5 Å². The van der Waals surface area contributed by atoms with Crippen LogP contribution in [0.25, 0.3) is 6.08 Å². The summed E-state index contributed by atoms with van der Waals surface area (Å²) < 4.78 is 12.2. The summed E-state index contributed by atoms with van der Waals surface area (Å²) >= 11 is 16.4. The second-order valence-electron chi connectivity index (χ2n) is 6.52. The fourth-order valence-electron chi connectivity index (χ4n) is 2.81. The molecule has 0 bridgehead atoms. The van der Waals surface area contributed by atoms with Crippen LogP contribution in [0.1, 0.15) is 18.1 Å². The zero-order valence-electron chi connectivity index (χ0n) is 16.7. The van der Waals surface area contributed by atoms with Gasteiger partial charge in [0.2, 0.25) is 5.91 Å². The molecule has 0 saturated carbocycles. The minimum atomic E-state index is -0.766. The van der Waals surface area contributed by atoms with E-state index in [-0.39, 0.29) is 11.5 Å². The largest absolute Gasteiger partial charge is 0.490 e. The predicted octanol–water partition coefficient (Wildman–Crippen LogP) is 5.26. The number of thioether (sulfide) groups is 1. The maximum absolute atomic E-state index is 12.5. The Balaban J connectivity index is 1.87. The molecule has 0 aliphatic carbocycles. The molecule has 0 atom stereocenters. The number of ether oxygens (including phenoxy) is 2. The Morgan fingerprint density at radius 3 is 2.62 bits per heavy atom. The number of halogens is 3. The summed E-state index contributed by atoms with van der Waals surface area (Å²) in [6, 6.07) is 8.54. The van der Waals surface area contributed by atoms with Gasteiger partial charge in [0.1, 0.15) is 13.2 Å². The monoisotopic (exact) mass is 558 g/mol. The maximum Gasteiger partial charge on any atom is 0.294 e. The maximum atomic E-state index is 12.5. The Bertz CT molecular complexity index is 1130. The van der Waals surface area contributed by atoms with Crippen LogP contribution in [0, 0.1) is 0 Å². The molecular formula is C21H17BrCl2N2O5S. The molecule has 2 N–H and O–H groups in total. The van der Waals surface area contributed by atoms with E-state index < -0.39 is 23.6 Å². The minimum Gasteiger partial charge on any atom is -0.490 e. The zero-order chi connectivity index (χ0) is 23.4. The zero-order valence-corrected chi connectivity index (χ0v) is 20.6. The molecule has 32 heavy (non-hydrogen) atoms. The van der Waals surface area contributed by atoms with Crippen LogP contribution >= 0.6 is 50.9 Å². The second-order valence-corrected chi connectivity index (χ2v) is 9.21. The highest BCUT2D eigenvalue weighted by atomic mass is 79.9. The molecule has 0 spiro atoms. The Kier molecular flexibility index (Phi) is 8.10. The molecule has 0 radical (unpaired) electrons.